The normalized spacial score (nSPS) is 0. The van der Waals surface area contributed by atoms with Crippen molar-refractivity contribution >= 4 is 8.41 Å². The van der Waals surface area contributed by atoms with Gasteiger partial charge in [0.2, 0.25) is 0 Å². The minimum atomic E-state index is 0. The minimum Gasteiger partial charge on any atom is 0 e. The summed E-state index contributed by atoms with van der Waals surface area (Å²) in [5.74, 6) is 0. The van der Waals surface area contributed by atoms with Gasteiger partial charge in [-0.05, 0) is 0 Å². The van der Waals surface area contributed by atoms with Crippen LogP contribution < -0.4 is 0 Å². The molecular formula is H3BCoFeNdNi. The first-order valence-corrected chi connectivity index (χ1v) is 0. The van der Waals surface area contributed by atoms with Crippen LogP contribution in [-0.2, 0) is 50.3 Å². The quantitative estimate of drug-likeness (QED) is 0.490. The third-order valence-electron chi connectivity index (χ3n) is 0. The molecule has 0 atom stereocenters. The van der Waals surface area contributed by atoms with Gasteiger partial charge in [-0.25, -0.2) is 0 Å². The maximum absolute atomic E-state index is 0. The van der Waals surface area contributed by atoms with Crippen LogP contribution in [0.1, 0.15) is 0 Å². The Kier molecular flexibility index (Phi) is 251. The van der Waals surface area contributed by atoms with E-state index < -0.39 is 0 Å². The van der Waals surface area contributed by atoms with Crippen LogP contribution in [-0.4, -0.2) is 8.41 Å². The van der Waals surface area contributed by atoms with Crippen molar-refractivity contribution in [2.75, 3.05) is 0 Å². The molecule has 0 saturated heterocycles. The van der Waals surface area contributed by atoms with Gasteiger partial charge in [-0.15, -0.1) is 0 Å². The second kappa shape index (κ2) is 28.4. The Hall–Kier alpha value is 2.94. The maximum atomic E-state index is 0. The molecule has 37 valence electrons. The molecule has 1 radical (unpaired) electrons. The monoisotopic (exact) mass is 329 g/mol. The van der Waals surface area contributed by atoms with Crippen molar-refractivity contribution in [1.29, 1.82) is 0 Å². The second-order valence-electron chi connectivity index (χ2n) is 0. The van der Waals surface area contributed by atoms with Gasteiger partial charge in [-0.1, -0.05) is 0 Å². The Morgan fingerprint density at radius 2 is 1.00 bits per heavy atom. The number of hydrogen-bond donors (Lipinski definition) is 0. The topological polar surface area (TPSA) is 0 Å². The fraction of sp³-hybridized carbons (Fsp3) is 0. The van der Waals surface area contributed by atoms with Gasteiger partial charge >= 0.3 is 0 Å². The zero-order chi connectivity index (χ0) is 0. The van der Waals surface area contributed by atoms with Gasteiger partial charge in [-0.2, -0.15) is 0 Å². The molecule has 0 aromatic rings. The molecule has 0 N–H and O–H groups in total. The number of hydrogen-bond acceptors (Lipinski definition) is 0. The van der Waals surface area contributed by atoms with Gasteiger partial charge in [0.25, 0.3) is 0 Å². The molecule has 0 rings (SSSR count). The van der Waals surface area contributed by atoms with E-state index in [2.05, 4.69) is 0 Å². The molecular weight excluding hydrogens is 329 g/mol. The first-order chi connectivity index (χ1) is 0. The predicted octanol–water partition coefficient (Wildman–Crippen LogP) is -1.19. The molecule has 5 heavy (non-hydrogen) atoms. The van der Waals surface area contributed by atoms with Gasteiger partial charge < -0.3 is 0 Å². The van der Waals surface area contributed by atoms with Crippen LogP contribution in [0.3, 0.4) is 0 Å². The Morgan fingerprint density at radius 1 is 1.00 bits per heavy atom. The summed E-state index contributed by atoms with van der Waals surface area (Å²) in [6, 6.07) is 0. The molecule has 0 aliphatic rings. The molecule has 0 saturated carbocycles. The smallest absolute Gasteiger partial charge is 0 e. The largest absolute Gasteiger partial charge is 0.0814 e. The van der Waals surface area contributed by atoms with Crippen LogP contribution >= 0.6 is 0 Å². The van der Waals surface area contributed by atoms with Gasteiger partial charge in [-0.3, -0.25) is 0 Å². The Balaban J connectivity index is 0. The zero-order valence-corrected chi connectivity index (χ0v) is 7.84. The summed E-state index contributed by atoms with van der Waals surface area (Å²) in [5, 5.41) is 0. The molecule has 0 amide bonds. The maximum Gasteiger partial charge on any atom is 0.0814 e. The summed E-state index contributed by atoms with van der Waals surface area (Å²) in [6.07, 6.45) is 0. The summed E-state index contributed by atoms with van der Waals surface area (Å²) in [4.78, 5) is 0. The van der Waals surface area contributed by atoms with Crippen LogP contribution in [0.2, 0.25) is 0 Å². The minimum absolute atomic E-state index is 0. The standard InChI is InChI=1S/BH3.Co.Fe.Nd.Ni/h1H3;;;;. The Bertz CT molecular complexity index is 11.6. The van der Waals surface area contributed by atoms with E-state index in [0.29, 0.717) is 0 Å². The van der Waals surface area contributed by atoms with Crippen LogP contribution in [0.25, 0.3) is 0 Å². The molecule has 0 unspecified atom stereocenters. The van der Waals surface area contributed by atoms with Crippen molar-refractivity contribution in [2.45, 2.75) is 0 Å². The van der Waals surface area contributed by atoms with E-state index >= 15 is 0 Å². The van der Waals surface area contributed by atoms with Gasteiger partial charge in [0.1, 0.15) is 0 Å². The van der Waals surface area contributed by atoms with Crippen molar-refractivity contribution in [2.24, 2.45) is 0 Å². The molecule has 5 heteroatoms. The molecule has 0 aromatic carbocycles. The fourth-order valence-electron chi connectivity index (χ4n) is 0. The van der Waals surface area contributed by atoms with E-state index in [4.69, 9.17) is 0 Å². The summed E-state index contributed by atoms with van der Waals surface area (Å²) in [5.41, 5.74) is 0. The second-order valence-corrected chi connectivity index (χ2v) is 0. The van der Waals surface area contributed by atoms with Gasteiger partial charge in [0, 0.05) is 91.2 Å². The average molecular weight is 332 g/mol. The Labute approximate surface area is 97.7 Å². The first-order valence-electron chi connectivity index (χ1n) is 0. The molecule has 0 spiro atoms. The van der Waals surface area contributed by atoms with Gasteiger partial charge in [0.05, 0.1) is 8.41 Å². The van der Waals surface area contributed by atoms with Crippen LogP contribution in [0.5, 0.6) is 0 Å². The molecule has 0 aromatic heterocycles. The van der Waals surface area contributed by atoms with Crippen molar-refractivity contribution in [1.82, 2.24) is 0 Å². The molecule has 0 aliphatic heterocycles. The Morgan fingerprint density at radius 3 is 1.00 bits per heavy atom. The van der Waals surface area contributed by atoms with E-state index in [9.17, 15) is 0 Å². The SMILES string of the molecule is B.[Co].[Fe].[Nd].[Ni]. The van der Waals surface area contributed by atoms with Crippen molar-refractivity contribution < 1.29 is 91.2 Å². The third kappa shape index (κ3) is 19.6. The zero-order valence-electron chi connectivity index (χ0n) is 1.50. The molecule has 0 bridgehead atoms. The van der Waals surface area contributed by atoms with E-state index in [1.54, 1.807) is 0 Å². The summed E-state index contributed by atoms with van der Waals surface area (Å²) >= 11 is 0. The van der Waals surface area contributed by atoms with Crippen molar-refractivity contribution in [3.63, 3.8) is 0 Å². The average Bonchev–Trinajstić information content (AvgIpc) is 0. The summed E-state index contributed by atoms with van der Waals surface area (Å²) in [7, 11) is 0. The first kappa shape index (κ1) is 44.3. The van der Waals surface area contributed by atoms with Crippen molar-refractivity contribution in [3.8, 4) is 0 Å². The van der Waals surface area contributed by atoms with E-state index in [0.717, 1.165) is 0 Å². The van der Waals surface area contributed by atoms with E-state index in [1.807, 2.05) is 0 Å². The van der Waals surface area contributed by atoms with E-state index in [1.165, 1.54) is 0 Å². The molecule has 0 fully saturated rings. The molecule has 0 aliphatic carbocycles. The fourth-order valence-corrected chi connectivity index (χ4v) is 0. The number of rotatable bonds is 0. The van der Waals surface area contributed by atoms with E-state index in [-0.39, 0.29) is 99.6 Å². The third-order valence-corrected chi connectivity index (χ3v) is 0. The molecule has 0 heterocycles. The molecule has 0 nitrogen and oxygen atoms in total. The van der Waals surface area contributed by atoms with Crippen LogP contribution in [0.15, 0.2) is 0 Å². The predicted molar refractivity (Wildman–Crippen MR) is 9.94 cm³/mol. The van der Waals surface area contributed by atoms with Crippen molar-refractivity contribution in [3.05, 3.63) is 0 Å². The van der Waals surface area contributed by atoms with Crippen LogP contribution in [0.4, 0.5) is 0 Å². The van der Waals surface area contributed by atoms with Crippen LogP contribution in [0, 0.1) is 40.8 Å². The summed E-state index contributed by atoms with van der Waals surface area (Å²) < 4.78 is 0. The summed E-state index contributed by atoms with van der Waals surface area (Å²) in [6.45, 7) is 0. The van der Waals surface area contributed by atoms with Gasteiger partial charge in [0.15, 0.2) is 0 Å².